The van der Waals surface area contributed by atoms with E-state index in [0.717, 1.165) is 45.0 Å². The Labute approximate surface area is 148 Å². The highest BCUT2D eigenvalue weighted by Crippen LogP contribution is 2.28. The smallest absolute Gasteiger partial charge is 0.310 e. The molecule has 136 valence electrons. The van der Waals surface area contributed by atoms with E-state index in [2.05, 4.69) is 15.0 Å². The molecule has 2 aromatic heterocycles. The van der Waals surface area contributed by atoms with Gasteiger partial charge in [-0.3, -0.25) is 4.90 Å². The molecule has 3 rings (SSSR count). The fourth-order valence-electron chi connectivity index (χ4n) is 2.92. The van der Waals surface area contributed by atoms with Crippen LogP contribution < -0.4 is 14.8 Å². The van der Waals surface area contributed by atoms with Crippen molar-refractivity contribution >= 4 is 18.0 Å². The van der Waals surface area contributed by atoms with Gasteiger partial charge in [0.2, 0.25) is 4.77 Å². The van der Waals surface area contributed by atoms with Crippen LogP contribution >= 0.6 is 12.2 Å². The largest absolute Gasteiger partial charge is 0.419 e. The molecule has 0 radical (unpaired) electrons. The van der Waals surface area contributed by atoms with Crippen molar-refractivity contribution < 1.29 is 23.1 Å². The maximum absolute atomic E-state index is 12.6. The molecule has 2 N–H and O–H groups in total. The van der Waals surface area contributed by atoms with Gasteiger partial charge in [0.05, 0.1) is 5.56 Å². The molecular weight excluding hydrogens is 353 g/mol. The predicted molar refractivity (Wildman–Crippen MR) is 87.6 cm³/mol. The average molecular weight is 374 g/mol. The maximum Gasteiger partial charge on any atom is 0.419 e. The normalized spacial score (nSPS) is 16.4. The Morgan fingerprint density at radius 3 is 2.52 bits per heavy atom. The Kier molecular flexibility index (Phi) is 5.09. The molecule has 0 saturated carbocycles. The second kappa shape index (κ2) is 7.12. The number of pyridine rings is 1. The Bertz CT molecular complexity index is 759. The van der Waals surface area contributed by atoms with E-state index in [4.69, 9.17) is 12.2 Å². The molecule has 0 amide bonds. The summed E-state index contributed by atoms with van der Waals surface area (Å²) < 4.78 is 42.3. The predicted octanol–water partition coefficient (Wildman–Crippen LogP) is 0.629. The van der Waals surface area contributed by atoms with Gasteiger partial charge in [0.15, 0.2) is 6.67 Å². The highest BCUT2D eigenvalue weighted by molar-refractivity contribution is 7.71. The average Bonchev–Trinajstić information content (AvgIpc) is 2.95. The minimum Gasteiger partial charge on any atom is -0.310 e. The summed E-state index contributed by atoms with van der Waals surface area (Å²) in [6.07, 6.45) is -1.56. The number of H-pyrrole nitrogens is 1. The van der Waals surface area contributed by atoms with Crippen LogP contribution in [0, 0.1) is 4.77 Å². The second-order valence-electron chi connectivity index (χ2n) is 6.05. The molecule has 0 unspecified atom stereocenters. The summed E-state index contributed by atoms with van der Waals surface area (Å²) in [5.74, 6) is 0.707. The molecule has 0 atom stereocenters. The van der Waals surface area contributed by atoms with Gasteiger partial charge in [-0.15, -0.1) is 0 Å². The zero-order chi connectivity index (χ0) is 18.0. The number of nitrogens with zero attached hydrogens (tertiary/aromatic N) is 4. The van der Waals surface area contributed by atoms with E-state index in [1.165, 1.54) is 11.0 Å². The lowest BCUT2D eigenvalue weighted by Crippen LogP contribution is -3.14. The SMILES string of the molecule is CCn1cnn(C[NH+]2CCN(c3ccc(C(F)(F)F)c[nH+]3)CC2)c1=S. The van der Waals surface area contributed by atoms with Gasteiger partial charge in [-0.25, -0.2) is 4.98 Å². The van der Waals surface area contributed by atoms with E-state index < -0.39 is 11.7 Å². The van der Waals surface area contributed by atoms with Gasteiger partial charge in [-0.2, -0.15) is 23.0 Å². The number of hydrogen-bond acceptors (Lipinski definition) is 3. The number of hydrogen-bond donors (Lipinski definition) is 1. The summed E-state index contributed by atoms with van der Waals surface area (Å²) in [5.41, 5.74) is -0.665. The number of piperazine rings is 1. The number of alkyl halides is 3. The van der Waals surface area contributed by atoms with Crippen LogP contribution in [0.25, 0.3) is 0 Å². The highest BCUT2D eigenvalue weighted by atomic mass is 32.1. The van der Waals surface area contributed by atoms with Crippen LogP contribution in [0.1, 0.15) is 12.5 Å². The van der Waals surface area contributed by atoms with Crippen LogP contribution in [0.2, 0.25) is 0 Å². The van der Waals surface area contributed by atoms with Gasteiger partial charge in [0.1, 0.15) is 38.7 Å². The lowest BCUT2D eigenvalue weighted by Gasteiger charge is -2.28. The van der Waals surface area contributed by atoms with E-state index in [-0.39, 0.29) is 0 Å². The van der Waals surface area contributed by atoms with Crippen LogP contribution in [0.15, 0.2) is 24.7 Å². The molecule has 3 heterocycles. The van der Waals surface area contributed by atoms with Crippen molar-refractivity contribution in [2.75, 3.05) is 31.1 Å². The van der Waals surface area contributed by atoms with Crippen molar-refractivity contribution in [3.05, 3.63) is 35.0 Å². The standard InChI is InChI=1S/C15H19F3N6S/c1-2-22-10-20-24(14(22)25)11-21-5-7-23(8-6-21)13-4-3-12(9-19-13)15(16,17)18/h3-4,9-10H,2,5-8,11H2,1H3/p+2. The first-order valence-corrected chi connectivity index (χ1v) is 8.59. The molecule has 6 nitrogen and oxygen atoms in total. The Hall–Kier alpha value is -1.94. The van der Waals surface area contributed by atoms with Crippen molar-refractivity contribution in [2.24, 2.45) is 0 Å². The van der Waals surface area contributed by atoms with Crippen LogP contribution in [-0.4, -0.2) is 40.5 Å². The minimum absolute atomic E-state index is 0.665. The van der Waals surface area contributed by atoms with Gasteiger partial charge >= 0.3 is 6.18 Å². The Morgan fingerprint density at radius 2 is 2.00 bits per heavy atom. The summed E-state index contributed by atoms with van der Waals surface area (Å²) in [6.45, 7) is 6.79. The number of anilines is 1. The minimum atomic E-state index is -4.32. The molecule has 0 spiro atoms. The first kappa shape index (κ1) is 17.9. The zero-order valence-electron chi connectivity index (χ0n) is 13.9. The van der Waals surface area contributed by atoms with Gasteiger partial charge in [0.25, 0.3) is 5.82 Å². The fourth-order valence-corrected chi connectivity index (χ4v) is 3.21. The number of rotatable bonds is 4. The third-order valence-electron chi connectivity index (χ3n) is 4.45. The molecule has 0 aromatic carbocycles. The number of halogens is 3. The molecule has 2 aromatic rings. The number of aryl methyl sites for hydroxylation is 1. The van der Waals surface area contributed by atoms with E-state index in [9.17, 15) is 13.2 Å². The Morgan fingerprint density at radius 1 is 1.28 bits per heavy atom. The summed E-state index contributed by atoms with van der Waals surface area (Å²) in [5, 5.41) is 4.32. The summed E-state index contributed by atoms with van der Waals surface area (Å²) in [4.78, 5) is 6.17. The zero-order valence-corrected chi connectivity index (χ0v) is 14.7. The van der Waals surface area contributed by atoms with Crippen molar-refractivity contribution in [3.63, 3.8) is 0 Å². The van der Waals surface area contributed by atoms with Crippen LogP contribution in [0.4, 0.5) is 19.0 Å². The molecule has 1 aliphatic rings. The molecule has 1 aliphatic heterocycles. The molecular formula is C15H21F3N6S+2. The molecule has 1 fully saturated rings. The van der Waals surface area contributed by atoms with Crippen molar-refractivity contribution in [2.45, 2.75) is 26.3 Å². The molecule has 10 heteroatoms. The Balaban J connectivity index is 1.58. The topological polar surface area (TPSA) is 44.6 Å². The van der Waals surface area contributed by atoms with Crippen LogP contribution in [-0.2, 0) is 19.4 Å². The van der Waals surface area contributed by atoms with Gasteiger partial charge in [-0.05, 0) is 25.2 Å². The lowest BCUT2D eigenvalue weighted by atomic mass is 10.2. The van der Waals surface area contributed by atoms with Crippen LogP contribution in [0.3, 0.4) is 0 Å². The first-order valence-electron chi connectivity index (χ1n) is 8.18. The molecule has 25 heavy (non-hydrogen) atoms. The number of nitrogens with one attached hydrogen (secondary N) is 2. The quantitative estimate of drug-likeness (QED) is 0.799. The van der Waals surface area contributed by atoms with Crippen molar-refractivity contribution in [3.8, 4) is 0 Å². The third-order valence-corrected chi connectivity index (χ3v) is 4.89. The highest BCUT2D eigenvalue weighted by Gasteiger charge is 2.33. The third kappa shape index (κ3) is 4.01. The van der Waals surface area contributed by atoms with Crippen LogP contribution in [0.5, 0.6) is 0 Å². The summed E-state index contributed by atoms with van der Waals surface area (Å²) >= 11 is 5.38. The van der Waals surface area contributed by atoms with Gasteiger partial charge in [-0.1, -0.05) is 0 Å². The molecule has 0 aliphatic carbocycles. The lowest BCUT2D eigenvalue weighted by molar-refractivity contribution is -0.924. The molecule has 0 bridgehead atoms. The van der Waals surface area contributed by atoms with Crippen molar-refractivity contribution in [1.29, 1.82) is 0 Å². The number of aromatic nitrogens is 4. The van der Waals surface area contributed by atoms with Gasteiger partial charge < -0.3 is 9.47 Å². The summed E-state index contributed by atoms with van der Waals surface area (Å²) in [7, 11) is 0. The molecule has 1 saturated heterocycles. The number of quaternary nitrogens is 1. The van der Waals surface area contributed by atoms with Gasteiger partial charge in [0, 0.05) is 12.6 Å². The summed E-state index contributed by atoms with van der Waals surface area (Å²) in [6, 6.07) is 2.61. The monoisotopic (exact) mass is 374 g/mol. The second-order valence-corrected chi connectivity index (χ2v) is 6.42. The maximum atomic E-state index is 12.6. The van der Waals surface area contributed by atoms with E-state index in [1.807, 2.05) is 16.2 Å². The van der Waals surface area contributed by atoms with E-state index >= 15 is 0 Å². The van der Waals surface area contributed by atoms with E-state index in [0.29, 0.717) is 17.3 Å². The fraction of sp³-hybridized carbons (Fsp3) is 0.533. The first-order chi connectivity index (χ1) is 11.9. The van der Waals surface area contributed by atoms with Crippen molar-refractivity contribution in [1.82, 2.24) is 14.3 Å². The number of aromatic amines is 1. The van der Waals surface area contributed by atoms with E-state index in [1.54, 1.807) is 6.33 Å².